The zero-order valence-corrected chi connectivity index (χ0v) is 15.7. The van der Waals surface area contributed by atoms with Crippen LogP contribution in [0.2, 0.25) is 0 Å². The molecule has 0 atom stereocenters. The maximum atomic E-state index is 5.76. The van der Waals surface area contributed by atoms with Gasteiger partial charge in [0, 0.05) is 6.21 Å². The summed E-state index contributed by atoms with van der Waals surface area (Å²) in [7, 11) is 3.29. The second-order valence-corrected chi connectivity index (χ2v) is 6.00. The van der Waals surface area contributed by atoms with E-state index in [1.807, 2.05) is 42.6 Å². The monoisotopic (exact) mass is 425 g/mol. The maximum absolute atomic E-state index is 5.76. The number of aliphatic imine (C=N–C) groups is 1. The molecule has 122 valence electrons. The Kier molecular flexibility index (Phi) is 6.70. The highest BCUT2D eigenvalue weighted by Gasteiger charge is 2.10. The summed E-state index contributed by atoms with van der Waals surface area (Å²) < 4.78 is 17.3. The third kappa shape index (κ3) is 4.86. The van der Waals surface area contributed by atoms with Gasteiger partial charge in [-0.2, -0.15) is 0 Å². The van der Waals surface area contributed by atoms with Gasteiger partial charge in [-0.25, -0.2) is 0 Å². The highest BCUT2D eigenvalue weighted by Crippen LogP contribution is 2.33. The van der Waals surface area contributed by atoms with Crippen LogP contribution in [0.5, 0.6) is 17.2 Å². The van der Waals surface area contributed by atoms with Crippen molar-refractivity contribution in [2.45, 2.75) is 13.3 Å². The van der Waals surface area contributed by atoms with Crippen LogP contribution in [-0.2, 0) is 0 Å². The van der Waals surface area contributed by atoms with Crippen LogP contribution < -0.4 is 14.2 Å². The minimum Gasteiger partial charge on any atom is -0.497 e. The topological polar surface area (TPSA) is 40.0 Å². The minimum absolute atomic E-state index is 0.672. The molecule has 4 nitrogen and oxygen atoms in total. The number of benzene rings is 2. The van der Waals surface area contributed by atoms with Crippen LogP contribution in [0.15, 0.2) is 41.4 Å². The van der Waals surface area contributed by atoms with Gasteiger partial charge in [-0.1, -0.05) is 6.92 Å². The maximum Gasteiger partial charge on any atom is 0.174 e. The van der Waals surface area contributed by atoms with Crippen molar-refractivity contribution < 1.29 is 14.2 Å². The highest BCUT2D eigenvalue weighted by molar-refractivity contribution is 14.1. The molecule has 0 aromatic heterocycles. The number of hydrogen-bond donors (Lipinski definition) is 0. The number of halogens is 1. The Morgan fingerprint density at radius 2 is 1.83 bits per heavy atom. The molecule has 0 bridgehead atoms. The molecular formula is C18H20INO3. The molecule has 0 fully saturated rings. The molecule has 0 radical (unpaired) electrons. The smallest absolute Gasteiger partial charge is 0.174 e. The second kappa shape index (κ2) is 8.76. The Balaban J connectivity index is 2.21. The summed E-state index contributed by atoms with van der Waals surface area (Å²) in [6.45, 7) is 2.75. The quantitative estimate of drug-likeness (QED) is 0.471. The van der Waals surface area contributed by atoms with Crippen LogP contribution >= 0.6 is 22.6 Å². The van der Waals surface area contributed by atoms with Crippen molar-refractivity contribution in [3.63, 3.8) is 0 Å². The lowest BCUT2D eigenvalue weighted by Crippen LogP contribution is -2.01. The number of methoxy groups -OCH3 is 2. The summed E-state index contributed by atoms with van der Waals surface area (Å²) in [5, 5.41) is 0. The Labute approximate surface area is 150 Å². The lowest BCUT2D eigenvalue weighted by molar-refractivity contribution is 0.292. The molecule has 0 aliphatic rings. The van der Waals surface area contributed by atoms with Crippen molar-refractivity contribution >= 4 is 34.5 Å². The van der Waals surface area contributed by atoms with Crippen molar-refractivity contribution in [2.24, 2.45) is 4.99 Å². The molecule has 2 aromatic rings. The van der Waals surface area contributed by atoms with Crippen LogP contribution in [0.1, 0.15) is 18.9 Å². The first kappa shape index (κ1) is 17.6. The van der Waals surface area contributed by atoms with E-state index in [-0.39, 0.29) is 0 Å². The van der Waals surface area contributed by atoms with E-state index >= 15 is 0 Å². The van der Waals surface area contributed by atoms with Gasteiger partial charge < -0.3 is 14.2 Å². The summed E-state index contributed by atoms with van der Waals surface area (Å²) in [5.74, 6) is 2.33. The first-order chi connectivity index (χ1) is 11.2. The van der Waals surface area contributed by atoms with E-state index in [1.54, 1.807) is 14.2 Å². The van der Waals surface area contributed by atoms with Gasteiger partial charge in [0.15, 0.2) is 11.5 Å². The van der Waals surface area contributed by atoms with E-state index in [4.69, 9.17) is 14.2 Å². The molecule has 0 saturated carbocycles. The van der Waals surface area contributed by atoms with Crippen molar-refractivity contribution in [2.75, 3.05) is 20.8 Å². The van der Waals surface area contributed by atoms with Gasteiger partial charge >= 0.3 is 0 Å². The van der Waals surface area contributed by atoms with Gasteiger partial charge in [-0.3, -0.25) is 4.99 Å². The zero-order valence-electron chi connectivity index (χ0n) is 13.5. The standard InChI is InChI=1S/C18H20INO3/c1-4-9-23-18-16(19)10-13(11-17(18)22-3)12-20-14-5-7-15(21-2)8-6-14/h5-8,10-12H,4,9H2,1-3H3. The van der Waals surface area contributed by atoms with Crippen LogP contribution in [0.3, 0.4) is 0 Å². The van der Waals surface area contributed by atoms with Crippen molar-refractivity contribution in [1.82, 2.24) is 0 Å². The fourth-order valence-electron chi connectivity index (χ4n) is 1.98. The van der Waals surface area contributed by atoms with Gasteiger partial charge in [-0.15, -0.1) is 0 Å². The predicted molar refractivity (Wildman–Crippen MR) is 102 cm³/mol. The molecule has 0 N–H and O–H groups in total. The Bertz CT molecular complexity index is 669. The molecule has 0 amide bonds. The first-order valence-electron chi connectivity index (χ1n) is 7.36. The van der Waals surface area contributed by atoms with E-state index in [2.05, 4.69) is 34.5 Å². The Morgan fingerprint density at radius 3 is 2.43 bits per heavy atom. The van der Waals surface area contributed by atoms with Gasteiger partial charge in [0.05, 0.1) is 30.1 Å². The largest absolute Gasteiger partial charge is 0.497 e. The second-order valence-electron chi connectivity index (χ2n) is 4.84. The van der Waals surface area contributed by atoms with Crippen LogP contribution in [0, 0.1) is 3.57 Å². The van der Waals surface area contributed by atoms with Gasteiger partial charge in [0.2, 0.25) is 0 Å². The van der Waals surface area contributed by atoms with Crippen molar-refractivity contribution in [1.29, 1.82) is 0 Å². The average Bonchev–Trinajstić information content (AvgIpc) is 2.59. The summed E-state index contributed by atoms with van der Waals surface area (Å²) in [4.78, 5) is 4.48. The first-order valence-corrected chi connectivity index (χ1v) is 8.44. The molecule has 0 aliphatic heterocycles. The summed E-state index contributed by atoms with van der Waals surface area (Å²) in [6, 6.07) is 11.6. The SMILES string of the molecule is CCCOc1c(I)cc(C=Nc2ccc(OC)cc2)cc1OC. The molecule has 0 aliphatic carbocycles. The molecule has 5 heteroatoms. The van der Waals surface area contributed by atoms with E-state index in [0.717, 1.165) is 38.5 Å². The lowest BCUT2D eigenvalue weighted by atomic mass is 10.2. The molecule has 0 spiro atoms. The zero-order chi connectivity index (χ0) is 16.7. The predicted octanol–water partition coefficient (Wildman–Crippen LogP) is 4.85. The highest BCUT2D eigenvalue weighted by atomic mass is 127. The number of ether oxygens (including phenoxy) is 3. The van der Waals surface area contributed by atoms with Crippen LogP contribution in [0.25, 0.3) is 0 Å². The molecule has 23 heavy (non-hydrogen) atoms. The van der Waals surface area contributed by atoms with E-state index < -0.39 is 0 Å². The Morgan fingerprint density at radius 1 is 1.09 bits per heavy atom. The lowest BCUT2D eigenvalue weighted by Gasteiger charge is -2.12. The number of nitrogens with zero attached hydrogens (tertiary/aromatic N) is 1. The van der Waals surface area contributed by atoms with E-state index in [0.29, 0.717) is 6.61 Å². The number of rotatable bonds is 7. The fraction of sp³-hybridized carbons (Fsp3) is 0.278. The normalized spacial score (nSPS) is 10.8. The Hall–Kier alpha value is -1.76. The minimum atomic E-state index is 0.672. The van der Waals surface area contributed by atoms with Gasteiger partial charge in [0.25, 0.3) is 0 Å². The molecule has 2 aromatic carbocycles. The van der Waals surface area contributed by atoms with Crippen molar-refractivity contribution in [3.05, 3.63) is 45.5 Å². The van der Waals surface area contributed by atoms with E-state index in [9.17, 15) is 0 Å². The number of hydrogen-bond acceptors (Lipinski definition) is 4. The summed E-state index contributed by atoms with van der Waals surface area (Å²) >= 11 is 2.26. The third-order valence-corrected chi connectivity index (χ3v) is 3.94. The molecule has 0 unspecified atom stereocenters. The van der Waals surface area contributed by atoms with E-state index in [1.165, 1.54) is 0 Å². The van der Waals surface area contributed by atoms with Crippen molar-refractivity contribution in [3.8, 4) is 17.2 Å². The molecule has 0 heterocycles. The average molecular weight is 425 g/mol. The van der Waals surface area contributed by atoms with Gasteiger partial charge in [0.1, 0.15) is 5.75 Å². The van der Waals surface area contributed by atoms with Gasteiger partial charge in [-0.05, 0) is 71.0 Å². The molecule has 2 rings (SSSR count). The summed E-state index contributed by atoms with van der Waals surface area (Å²) in [6.07, 6.45) is 2.77. The van der Waals surface area contributed by atoms with Crippen LogP contribution in [0.4, 0.5) is 5.69 Å². The van der Waals surface area contributed by atoms with Crippen LogP contribution in [-0.4, -0.2) is 27.0 Å². The molecule has 0 saturated heterocycles. The third-order valence-electron chi connectivity index (χ3n) is 3.14. The fourth-order valence-corrected chi connectivity index (χ4v) is 2.76. The summed E-state index contributed by atoms with van der Waals surface area (Å²) in [5.41, 5.74) is 1.83. The molecular weight excluding hydrogens is 405 g/mol.